The van der Waals surface area contributed by atoms with Gasteiger partial charge in [0.25, 0.3) is 0 Å². The van der Waals surface area contributed by atoms with Gasteiger partial charge in [0.15, 0.2) is 0 Å². The van der Waals surface area contributed by atoms with Crippen LogP contribution in [-0.4, -0.2) is 30.1 Å². The molecule has 2 rings (SSSR count). The van der Waals surface area contributed by atoms with Crippen LogP contribution in [0, 0.1) is 5.92 Å². The molecule has 1 aromatic rings. The fraction of sp³-hybridized carbons (Fsp3) is 0.733. The summed E-state index contributed by atoms with van der Waals surface area (Å²) in [4.78, 5) is 2.57. The molecule has 0 aromatic carbocycles. The second kappa shape index (κ2) is 6.39. The molecule has 3 atom stereocenters. The molecule has 2 heterocycles. The van der Waals surface area contributed by atoms with E-state index in [-0.39, 0.29) is 0 Å². The Hall–Kier alpha value is -0.800. The molecule has 18 heavy (non-hydrogen) atoms. The number of hydrogen-bond donors (Lipinski definition) is 1. The topological polar surface area (TPSA) is 28.4 Å². The van der Waals surface area contributed by atoms with Crippen LogP contribution in [0.1, 0.15) is 39.2 Å². The van der Waals surface area contributed by atoms with Gasteiger partial charge in [0, 0.05) is 30.7 Å². The molecule has 3 heteroatoms. The van der Waals surface area contributed by atoms with Crippen LogP contribution in [0.3, 0.4) is 0 Å². The van der Waals surface area contributed by atoms with Crippen molar-refractivity contribution in [1.29, 1.82) is 0 Å². The first-order valence-corrected chi connectivity index (χ1v) is 7.21. The van der Waals surface area contributed by atoms with Crippen LogP contribution in [0.4, 0.5) is 0 Å². The van der Waals surface area contributed by atoms with Crippen molar-refractivity contribution in [2.75, 3.05) is 13.1 Å². The van der Waals surface area contributed by atoms with Crippen molar-refractivity contribution in [3.63, 3.8) is 0 Å². The molecule has 1 aliphatic rings. The monoisotopic (exact) mass is 250 g/mol. The predicted molar refractivity (Wildman–Crippen MR) is 74.4 cm³/mol. The molecule has 1 saturated heterocycles. The lowest BCUT2D eigenvalue weighted by atomic mass is 9.86. The predicted octanol–water partition coefficient (Wildman–Crippen LogP) is 2.88. The van der Waals surface area contributed by atoms with Gasteiger partial charge in [-0.2, -0.15) is 0 Å². The molecule has 1 fully saturated rings. The molecule has 1 aromatic heterocycles. The molecule has 0 spiro atoms. The maximum absolute atomic E-state index is 5.15. The molecule has 3 nitrogen and oxygen atoms in total. The zero-order valence-electron chi connectivity index (χ0n) is 11.9. The van der Waals surface area contributed by atoms with Gasteiger partial charge in [-0.3, -0.25) is 4.90 Å². The summed E-state index contributed by atoms with van der Waals surface area (Å²) in [5, 5.41) is 3.69. The minimum atomic E-state index is 0.628. The third-order valence-corrected chi connectivity index (χ3v) is 4.32. The van der Waals surface area contributed by atoms with Crippen LogP contribution in [0.25, 0.3) is 0 Å². The van der Waals surface area contributed by atoms with Gasteiger partial charge in [0.2, 0.25) is 0 Å². The Morgan fingerprint density at radius 1 is 1.44 bits per heavy atom. The Kier molecular flexibility index (Phi) is 4.84. The first-order chi connectivity index (χ1) is 8.72. The Morgan fingerprint density at radius 3 is 2.94 bits per heavy atom. The second-order valence-corrected chi connectivity index (χ2v) is 5.55. The average Bonchev–Trinajstić information content (AvgIpc) is 2.87. The van der Waals surface area contributed by atoms with Crippen molar-refractivity contribution in [2.24, 2.45) is 5.92 Å². The van der Waals surface area contributed by atoms with Crippen molar-refractivity contribution in [3.8, 4) is 0 Å². The number of rotatable bonds is 5. The molecule has 0 amide bonds. The first kappa shape index (κ1) is 13.6. The maximum Gasteiger partial charge on any atom is 0.0947 e. The highest BCUT2D eigenvalue weighted by atomic mass is 16.3. The van der Waals surface area contributed by atoms with Crippen molar-refractivity contribution < 1.29 is 4.42 Å². The van der Waals surface area contributed by atoms with Gasteiger partial charge in [-0.1, -0.05) is 13.8 Å². The van der Waals surface area contributed by atoms with Crippen molar-refractivity contribution >= 4 is 0 Å². The van der Waals surface area contributed by atoms with Gasteiger partial charge in [-0.05, 0) is 38.3 Å². The van der Waals surface area contributed by atoms with Crippen LogP contribution >= 0.6 is 0 Å². The fourth-order valence-electron chi connectivity index (χ4n) is 2.90. The number of nitrogens with one attached hydrogen (secondary N) is 1. The summed E-state index contributed by atoms with van der Waals surface area (Å²) < 4.78 is 5.15. The van der Waals surface area contributed by atoms with Gasteiger partial charge in [0.05, 0.1) is 12.5 Å². The maximum atomic E-state index is 5.15. The van der Waals surface area contributed by atoms with Gasteiger partial charge >= 0.3 is 0 Å². The summed E-state index contributed by atoms with van der Waals surface area (Å²) in [6, 6.07) is 3.38. The summed E-state index contributed by atoms with van der Waals surface area (Å²) >= 11 is 0. The highest BCUT2D eigenvalue weighted by Gasteiger charge is 2.31. The summed E-state index contributed by atoms with van der Waals surface area (Å²) in [7, 11) is 0. The largest absolute Gasteiger partial charge is 0.472 e. The SMILES string of the molecule is CCCNC1CCN(Cc2ccoc2)C(C)C1C. The van der Waals surface area contributed by atoms with Crippen LogP contribution in [0.5, 0.6) is 0 Å². The lowest BCUT2D eigenvalue weighted by Crippen LogP contribution is -2.53. The molecule has 3 unspecified atom stereocenters. The van der Waals surface area contributed by atoms with Crippen LogP contribution in [-0.2, 0) is 6.54 Å². The molecular formula is C15H26N2O. The highest BCUT2D eigenvalue weighted by Crippen LogP contribution is 2.25. The number of nitrogens with zero attached hydrogens (tertiary/aromatic N) is 1. The van der Waals surface area contributed by atoms with Crippen LogP contribution in [0.15, 0.2) is 23.0 Å². The standard InChI is InChI=1S/C15H26N2O/c1-4-7-16-15-5-8-17(13(3)12(15)2)10-14-6-9-18-11-14/h6,9,11-13,15-16H,4-5,7-8,10H2,1-3H3. The Balaban J connectivity index is 1.89. The second-order valence-electron chi connectivity index (χ2n) is 5.55. The minimum absolute atomic E-state index is 0.628. The quantitative estimate of drug-likeness (QED) is 0.871. The van der Waals surface area contributed by atoms with Gasteiger partial charge in [-0.25, -0.2) is 0 Å². The van der Waals surface area contributed by atoms with E-state index in [2.05, 4.69) is 37.1 Å². The van der Waals surface area contributed by atoms with Crippen molar-refractivity contribution in [1.82, 2.24) is 10.2 Å². The molecule has 0 saturated carbocycles. The normalized spacial score (nSPS) is 29.6. The average molecular weight is 250 g/mol. The summed E-state index contributed by atoms with van der Waals surface area (Å²) in [6.07, 6.45) is 6.09. The van der Waals surface area contributed by atoms with E-state index in [9.17, 15) is 0 Å². The lowest BCUT2D eigenvalue weighted by Gasteiger charge is -2.43. The Labute approximate surface area is 111 Å². The van der Waals surface area contributed by atoms with Crippen LogP contribution in [0.2, 0.25) is 0 Å². The van der Waals surface area contributed by atoms with Gasteiger partial charge in [0.1, 0.15) is 0 Å². The molecule has 0 bridgehead atoms. The van der Waals surface area contributed by atoms with E-state index in [1.807, 2.05) is 6.26 Å². The van der Waals surface area contributed by atoms with E-state index in [1.54, 1.807) is 6.26 Å². The number of furan rings is 1. The minimum Gasteiger partial charge on any atom is -0.472 e. The van der Waals surface area contributed by atoms with Gasteiger partial charge < -0.3 is 9.73 Å². The molecule has 1 aliphatic heterocycles. The van der Waals surface area contributed by atoms with E-state index in [0.29, 0.717) is 18.0 Å². The van der Waals surface area contributed by atoms with E-state index in [4.69, 9.17) is 4.42 Å². The van der Waals surface area contributed by atoms with Crippen molar-refractivity contribution in [3.05, 3.63) is 24.2 Å². The molecular weight excluding hydrogens is 224 g/mol. The molecule has 102 valence electrons. The summed E-state index contributed by atoms with van der Waals surface area (Å²) in [6.45, 7) is 10.3. The lowest BCUT2D eigenvalue weighted by molar-refractivity contribution is 0.0783. The number of piperidine rings is 1. The Bertz CT molecular complexity index is 336. The van der Waals surface area contributed by atoms with Crippen molar-refractivity contribution in [2.45, 2.75) is 52.2 Å². The van der Waals surface area contributed by atoms with E-state index in [0.717, 1.165) is 13.1 Å². The molecule has 0 radical (unpaired) electrons. The highest BCUT2D eigenvalue weighted by molar-refractivity contribution is 5.06. The Morgan fingerprint density at radius 2 is 2.28 bits per heavy atom. The third-order valence-electron chi connectivity index (χ3n) is 4.32. The first-order valence-electron chi connectivity index (χ1n) is 7.21. The molecule has 0 aliphatic carbocycles. The zero-order valence-corrected chi connectivity index (χ0v) is 11.9. The summed E-state index contributed by atoms with van der Waals surface area (Å²) in [5.41, 5.74) is 1.29. The van der Waals surface area contributed by atoms with Gasteiger partial charge in [-0.15, -0.1) is 0 Å². The van der Waals surface area contributed by atoms with E-state index < -0.39 is 0 Å². The fourth-order valence-corrected chi connectivity index (χ4v) is 2.90. The number of hydrogen-bond acceptors (Lipinski definition) is 3. The summed E-state index contributed by atoms with van der Waals surface area (Å²) in [5.74, 6) is 0.706. The van der Waals surface area contributed by atoms with E-state index >= 15 is 0 Å². The third kappa shape index (κ3) is 3.15. The smallest absolute Gasteiger partial charge is 0.0947 e. The van der Waals surface area contributed by atoms with E-state index in [1.165, 1.54) is 24.9 Å². The number of likely N-dealkylation sites (tertiary alicyclic amines) is 1. The zero-order chi connectivity index (χ0) is 13.0. The molecule has 1 N–H and O–H groups in total. The van der Waals surface area contributed by atoms with Crippen LogP contribution < -0.4 is 5.32 Å².